The van der Waals surface area contributed by atoms with Crippen molar-refractivity contribution >= 4 is 44.8 Å². The minimum Gasteiger partial charge on any atom is -0.381 e. The molecule has 0 heterocycles. The molecule has 94 valence electrons. The fourth-order valence-corrected chi connectivity index (χ4v) is 2.40. The predicted molar refractivity (Wildman–Crippen MR) is 82.7 cm³/mol. The molecule has 1 N–H and O–H groups in total. The summed E-state index contributed by atoms with van der Waals surface area (Å²) in [5, 5.41) is 4.81. The molecule has 0 unspecified atom stereocenters. The van der Waals surface area contributed by atoms with Crippen LogP contribution in [0.2, 0.25) is 10.0 Å². The van der Waals surface area contributed by atoms with Crippen molar-refractivity contribution in [2.45, 2.75) is 13.5 Å². The van der Waals surface area contributed by atoms with E-state index in [9.17, 15) is 0 Å². The molecule has 18 heavy (non-hydrogen) atoms. The number of rotatable bonds is 3. The van der Waals surface area contributed by atoms with E-state index >= 15 is 0 Å². The SMILES string of the molecule is Cc1ccc(CNc2ccc(Cl)c(Br)c2)c(Cl)c1. The second-order valence-corrected chi connectivity index (χ2v) is 5.75. The molecule has 0 radical (unpaired) electrons. The summed E-state index contributed by atoms with van der Waals surface area (Å²) in [5.41, 5.74) is 3.24. The number of hydrogen-bond donors (Lipinski definition) is 1. The first-order chi connectivity index (χ1) is 8.56. The van der Waals surface area contributed by atoms with Crippen molar-refractivity contribution in [3.05, 3.63) is 62.0 Å². The molecule has 2 aromatic rings. The summed E-state index contributed by atoms with van der Waals surface area (Å²) in [5.74, 6) is 0. The van der Waals surface area contributed by atoms with Gasteiger partial charge in [-0.2, -0.15) is 0 Å². The van der Waals surface area contributed by atoms with Gasteiger partial charge in [-0.25, -0.2) is 0 Å². The number of nitrogens with one attached hydrogen (secondary N) is 1. The molecule has 1 nitrogen and oxygen atoms in total. The standard InChI is InChI=1S/C14H12BrCl2N/c1-9-2-3-10(14(17)6-9)8-18-11-4-5-13(16)12(15)7-11/h2-7,18H,8H2,1H3. The average Bonchev–Trinajstić information content (AvgIpc) is 2.32. The Morgan fingerprint density at radius 3 is 2.50 bits per heavy atom. The van der Waals surface area contributed by atoms with Crippen LogP contribution in [-0.4, -0.2) is 0 Å². The van der Waals surface area contributed by atoms with Crippen LogP contribution in [0, 0.1) is 6.92 Å². The third-order valence-electron chi connectivity index (χ3n) is 2.61. The number of anilines is 1. The molecule has 0 atom stereocenters. The molecule has 0 fully saturated rings. The Kier molecular flexibility index (Phi) is 4.55. The van der Waals surface area contributed by atoms with Crippen LogP contribution in [0.3, 0.4) is 0 Å². The molecule has 2 aromatic carbocycles. The Labute approximate surface area is 125 Å². The van der Waals surface area contributed by atoms with E-state index in [4.69, 9.17) is 23.2 Å². The van der Waals surface area contributed by atoms with Crippen LogP contribution in [0.1, 0.15) is 11.1 Å². The number of halogens is 3. The highest BCUT2D eigenvalue weighted by Crippen LogP contribution is 2.26. The fraction of sp³-hybridized carbons (Fsp3) is 0.143. The molecule has 0 saturated carbocycles. The van der Waals surface area contributed by atoms with E-state index in [0.717, 1.165) is 26.3 Å². The normalized spacial score (nSPS) is 10.4. The lowest BCUT2D eigenvalue weighted by Gasteiger charge is -2.09. The van der Waals surface area contributed by atoms with Gasteiger partial charge in [0.05, 0.1) is 5.02 Å². The Hall–Kier alpha value is -0.700. The first-order valence-corrected chi connectivity index (χ1v) is 7.05. The van der Waals surface area contributed by atoms with Crippen molar-refractivity contribution in [2.24, 2.45) is 0 Å². The molecule has 2 rings (SSSR count). The summed E-state index contributed by atoms with van der Waals surface area (Å²) in [4.78, 5) is 0. The smallest absolute Gasteiger partial charge is 0.0549 e. The van der Waals surface area contributed by atoms with Gasteiger partial charge in [-0.15, -0.1) is 0 Å². The van der Waals surface area contributed by atoms with Gasteiger partial charge in [0.2, 0.25) is 0 Å². The van der Waals surface area contributed by atoms with Gasteiger partial charge in [0, 0.05) is 21.7 Å². The highest BCUT2D eigenvalue weighted by atomic mass is 79.9. The Morgan fingerprint density at radius 1 is 1.06 bits per heavy atom. The van der Waals surface area contributed by atoms with Crippen molar-refractivity contribution in [1.29, 1.82) is 0 Å². The topological polar surface area (TPSA) is 12.0 Å². The van der Waals surface area contributed by atoms with E-state index in [-0.39, 0.29) is 0 Å². The van der Waals surface area contributed by atoms with Crippen molar-refractivity contribution in [3.8, 4) is 0 Å². The molecule has 0 aliphatic carbocycles. The molecule has 0 amide bonds. The van der Waals surface area contributed by atoms with E-state index in [1.54, 1.807) is 0 Å². The molecule has 0 aliphatic rings. The zero-order valence-electron chi connectivity index (χ0n) is 9.81. The van der Waals surface area contributed by atoms with E-state index in [1.807, 2.05) is 37.3 Å². The predicted octanol–water partition coefficient (Wildman–Crippen LogP) is 5.68. The lowest BCUT2D eigenvalue weighted by atomic mass is 10.1. The summed E-state index contributed by atoms with van der Waals surface area (Å²) in [7, 11) is 0. The minimum absolute atomic E-state index is 0.688. The number of hydrogen-bond acceptors (Lipinski definition) is 1. The largest absolute Gasteiger partial charge is 0.381 e. The lowest BCUT2D eigenvalue weighted by Crippen LogP contribution is -2.00. The maximum atomic E-state index is 6.18. The molecule has 0 saturated heterocycles. The highest BCUT2D eigenvalue weighted by molar-refractivity contribution is 9.10. The Morgan fingerprint density at radius 2 is 1.83 bits per heavy atom. The lowest BCUT2D eigenvalue weighted by molar-refractivity contribution is 1.14. The minimum atomic E-state index is 0.688. The average molecular weight is 345 g/mol. The zero-order valence-corrected chi connectivity index (χ0v) is 12.9. The Balaban J connectivity index is 2.09. The van der Waals surface area contributed by atoms with Crippen LogP contribution in [0.4, 0.5) is 5.69 Å². The van der Waals surface area contributed by atoms with Crippen LogP contribution >= 0.6 is 39.1 Å². The van der Waals surface area contributed by atoms with Gasteiger partial charge in [-0.3, -0.25) is 0 Å². The maximum absolute atomic E-state index is 6.18. The van der Waals surface area contributed by atoms with E-state index < -0.39 is 0 Å². The quantitative estimate of drug-likeness (QED) is 0.755. The summed E-state index contributed by atoms with van der Waals surface area (Å²) in [6.45, 7) is 2.71. The van der Waals surface area contributed by atoms with Crippen molar-refractivity contribution in [3.63, 3.8) is 0 Å². The van der Waals surface area contributed by atoms with E-state index in [1.165, 1.54) is 0 Å². The fourth-order valence-electron chi connectivity index (χ4n) is 1.60. The number of aryl methyl sites for hydroxylation is 1. The van der Waals surface area contributed by atoms with Gasteiger partial charge in [0.1, 0.15) is 0 Å². The highest BCUT2D eigenvalue weighted by Gasteiger charge is 2.02. The van der Waals surface area contributed by atoms with Crippen LogP contribution in [0.25, 0.3) is 0 Å². The van der Waals surface area contributed by atoms with Crippen molar-refractivity contribution in [1.82, 2.24) is 0 Å². The van der Waals surface area contributed by atoms with Crippen LogP contribution in [0.15, 0.2) is 40.9 Å². The molecule has 0 spiro atoms. The molecular formula is C14H12BrCl2N. The summed E-state index contributed by atoms with van der Waals surface area (Å²) in [6.07, 6.45) is 0. The van der Waals surface area contributed by atoms with E-state index in [0.29, 0.717) is 11.6 Å². The first kappa shape index (κ1) is 13.7. The van der Waals surface area contributed by atoms with Crippen LogP contribution in [0.5, 0.6) is 0 Å². The zero-order chi connectivity index (χ0) is 13.1. The van der Waals surface area contributed by atoms with Crippen LogP contribution in [-0.2, 0) is 6.54 Å². The van der Waals surface area contributed by atoms with E-state index in [2.05, 4.69) is 27.3 Å². The monoisotopic (exact) mass is 343 g/mol. The Bertz CT molecular complexity index is 570. The molecule has 0 bridgehead atoms. The first-order valence-electron chi connectivity index (χ1n) is 5.50. The van der Waals surface area contributed by atoms with Gasteiger partial charge >= 0.3 is 0 Å². The van der Waals surface area contributed by atoms with Crippen LogP contribution < -0.4 is 5.32 Å². The molecule has 0 aromatic heterocycles. The molecule has 4 heteroatoms. The van der Waals surface area contributed by atoms with Crippen molar-refractivity contribution in [2.75, 3.05) is 5.32 Å². The third kappa shape index (κ3) is 3.41. The number of benzene rings is 2. The van der Waals surface area contributed by atoms with Gasteiger partial charge in [0.25, 0.3) is 0 Å². The summed E-state index contributed by atoms with van der Waals surface area (Å²) >= 11 is 15.5. The second-order valence-electron chi connectivity index (χ2n) is 4.08. The van der Waals surface area contributed by atoms with Gasteiger partial charge < -0.3 is 5.32 Å². The summed E-state index contributed by atoms with van der Waals surface area (Å²) in [6, 6.07) is 11.8. The third-order valence-corrected chi connectivity index (χ3v) is 4.18. The molecular weight excluding hydrogens is 333 g/mol. The summed E-state index contributed by atoms with van der Waals surface area (Å²) < 4.78 is 0.879. The maximum Gasteiger partial charge on any atom is 0.0549 e. The van der Waals surface area contributed by atoms with Gasteiger partial charge in [-0.05, 0) is 58.2 Å². The second kappa shape index (κ2) is 5.96. The van der Waals surface area contributed by atoms with Gasteiger partial charge in [-0.1, -0.05) is 35.3 Å². The van der Waals surface area contributed by atoms with Crippen molar-refractivity contribution < 1.29 is 0 Å². The van der Waals surface area contributed by atoms with Gasteiger partial charge in [0.15, 0.2) is 0 Å². The molecule has 0 aliphatic heterocycles.